The van der Waals surface area contributed by atoms with Gasteiger partial charge in [-0.05, 0) is 34.7 Å². The molecule has 82 valence electrons. The first-order chi connectivity index (χ1) is 7.56. The summed E-state index contributed by atoms with van der Waals surface area (Å²) in [4.78, 5) is 13.7. The molecule has 0 saturated heterocycles. The first-order valence-corrected chi connectivity index (χ1v) is 5.71. The average molecular weight is 326 g/mol. The summed E-state index contributed by atoms with van der Waals surface area (Å²) < 4.78 is 0.852. The summed E-state index contributed by atoms with van der Waals surface area (Å²) >= 11 is 2.09. The molecule has 0 aliphatic heterocycles. The molecule has 0 atom stereocenters. The molecular weight excluding hydrogens is 315 g/mol. The molecule has 1 rings (SSSR count). The molecule has 0 saturated carbocycles. The molecule has 0 bridgehead atoms. The fraction of sp³-hybridized carbons (Fsp3) is 0.167. The van der Waals surface area contributed by atoms with Crippen LogP contribution in [-0.4, -0.2) is 24.8 Å². The Hall–Kier alpha value is -1.35. The molecule has 0 N–H and O–H groups in total. The van der Waals surface area contributed by atoms with Crippen molar-refractivity contribution >= 4 is 28.4 Å². The van der Waals surface area contributed by atoms with Crippen molar-refractivity contribution in [3.05, 3.63) is 45.2 Å². The number of Topliss-reactive ketones (excluding diaryl/α,β-unsaturated/α-hetero) is 1. The van der Waals surface area contributed by atoms with Gasteiger partial charge in [-0.2, -0.15) is 5.26 Å². The predicted molar refractivity (Wildman–Crippen MR) is 70.9 cm³/mol. The number of hydrogen-bond donors (Lipinski definition) is 0. The molecular formula is C12H11IN2O. The van der Waals surface area contributed by atoms with Crippen LogP contribution in [0.25, 0.3) is 0 Å². The Balaban J connectivity index is 3.12. The Labute approximate surface area is 109 Å². The SMILES string of the molecule is CN(C)/C=C(\C#N)C(=O)c1ccccc1I. The number of nitriles is 1. The lowest BCUT2D eigenvalue weighted by atomic mass is 10.1. The molecule has 3 nitrogen and oxygen atoms in total. The van der Waals surface area contributed by atoms with Gasteiger partial charge in [-0.25, -0.2) is 0 Å². The molecule has 0 spiro atoms. The molecule has 1 aromatic carbocycles. The zero-order chi connectivity index (χ0) is 12.1. The van der Waals surface area contributed by atoms with Crippen LogP contribution < -0.4 is 0 Å². The fourth-order valence-electron chi connectivity index (χ4n) is 1.19. The topological polar surface area (TPSA) is 44.1 Å². The summed E-state index contributed by atoms with van der Waals surface area (Å²) in [6.45, 7) is 0. The number of carbonyl (C=O) groups is 1. The highest BCUT2D eigenvalue weighted by atomic mass is 127. The van der Waals surface area contributed by atoms with Crippen LogP contribution in [-0.2, 0) is 0 Å². The standard InChI is InChI=1S/C12H11IN2O/c1-15(2)8-9(7-14)12(16)10-5-3-4-6-11(10)13/h3-6,8H,1-2H3/b9-8+. The lowest BCUT2D eigenvalue weighted by molar-refractivity contribution is 0.103. The third kappa shape index (κ3) is 3.07. The van der Waals surface area contributed by atoms with Gasteiger partial charge in [0.25, 0.3) is 0 Å². The highest BCUT2D eigenvalue weighted by Gasteiger charge is 2.14. The first-order valence-electron chi connectivity index (χ1n) is 4.64. The van der Waals surface area contributed by atoms with Crippen molar-refractivity contribution in [2.24, 2.45) is 0 Å². The highest BCUT2D eigenvalue weighted by Crippen LogP contribution is 2.15. The third-order valence-electron chi connectivity index (χ3n) is 1.87. The van der Waals surface area contributed by atoms with E-state index in [4.69, 9.17) is 5.26 Å². The Kier molecular flexibility index (Phi) is 4.50. The monoisotopic (exact) mass is 326 g/mol. The molecule has 0 aliphatic carbocycles. The highest BCUT2D eigenvalue weighted by molar-refractivity contribution is 14.1. The van der Waals surface area contributed by atoms with Crippen molar-refractivity contribution in [2.45, 2.75) is 0 Å². The lowest BCUT2D eigenvalue weighted by Crippen LogP contribution is -2.09. The third-order valence-corrected chi connectivity index (χ3v) is 2.81. The van der Waals surface area contributed by atoms with E-state index in [9.17, 15) is 4.79 Å². The Morgan fingerprint density at radius 2 is 2.06 bits per heavy atom. The Morgan fingerprint density at radius 3 is 2.56 bits per heavy atom. The second kappa shape index (κ2) is 5.66. The van der Waals surface area contributed by atoms with Crippen molar-refractivity contribution in [1.82, 2.24) is 4.90 Å². The number of rotatable bonds is 3. The number of allylic oxidation sites excluding steroid dienone is 1. The predicted octanol–water partition coefficient (Wildman–Crippen LogP) is 2.44. The van der Waals surface area contributed by atoms with Gasteiger partial charge in [0, 0.05) is 29.4 Å². The second-order valence-electron chi connectivity index (χ2n) is 3.43. The molecule has 16 heavy (non-hydrogen) atoms. The van der Waals surface area contributed by atoms with Gasteiger partial charge in [-0.3, -0.25) is 4.79 Å². The van der Waals surface area contributed by atoms with Crippen LogP contribution in [0.1, 0.15) is 10.4 Å². The van der Waals surface area contributed by atoms with E-state index in [1.165, 1.54) is 6.20 Å². The van der Waals surface area contributed by atoms with Gasteiger partial charge in [0.15, 0.2) is 0 Å². The molecule has 0 heterocycles. The second-order valence-corrected chi connectivity index (χ2v) is 4.59. The summed E-state index contributed by atoms with van der Waals surface area (Å²) in [5, 5.41) is 8.93. The summed E-state index contributed by atoms with van der Waals surface area (Å²) in [5.41, 5.74) is 0.715. The summed E-state index contributed by atoms with van der Waals surface area (Å²) in [7, 11) is 3.56. The largest absolute Gasteiger partial charge is 0.382 e. The quantitative estimate of drug-likeness (QED) is 0.371. The van der Waals surface area contributed by atoms with Gasteiger partial charge in [0.05, 0.1) is 0 Å². The molecule has 0 radical (unpaired) electrons. The molecule has 0 fully saturated rings. The van der Waals surface area contributed by atoms with Gasteiger partial charge in [-0.1, -0.05) is 12.1 Å². The Morgan fingerprint density at radius 1 is 1.44 bits per heavy atom. The van der Waals surface area contributed by atoms with Crippen LogP contribution in [0.15, 0.2) is 36.0 Å². The molecule has 0 aliphatic rings. The van der Waals surface area contributed by atoms with E-state index in [1.54, 1.807) is 31.1 Å². The van der Waals surface area contributed by atoms with Crippen molar-refractivity contribution in [3.63, 3.8) is 0 Å². The summed E-state index contributed by atoms with van der Waals surface area (Å²) in [6, 6.07) is 9.15. The van der Waals surface area contributed by atoms with Crippen molar-refractivity contribution < 1.29 is 4.79 Å². The number of ketones is 1. The van der Waals surface area contributed by atoms with Crippen LogP contribution in [0.4, 0.5) is 0 Å². The lowest BCUT2D eigenvalue weighted by Gasteiger charge is -2.06. The maximum atomic E-state index is 12.0. The number of halogens is 1. The number of carbonyl (C=O) groups excluding carboxylic acids is 1. The van der Waals surface area contributed by atoms with Crippen molar-refractivity contribution in [3.8, 4) is 6.07 Å². The minimum Gasteiger partial charge on any atom is -0.382 e. The van der Waals surface area contributed by atoms with Crippen LogP contribution >= 0.6 is 22.6 Å². The number of hydrogen-bond acceptors (Lipinski definition) is 3. The zero-order valence-electron chi connectivity index (χ0n) is 9.07. The smallest absolute Gasteiger partial charge is 0.206 e. The maximum Gasteiger partial charge on any atom is 0.206 e. The van der Waals surface area contributed by atoms with E-state index in [0.29, 0.717) is 5.56 Å². The molecule has 1 aromatic rings. The van der Waals surface area contributed by atoms with E-state index < -0.39 is 0 Å². The normalized spacial score (nSPS) is 10.8. The van der Waals surface area contributed by atoms with Gasteiger partial charge in [0.1, 0.15) is 11.6 Å². The van der Waals surface area contributed by atoms with Crippen LogP contribution in [0.2, 0.25) is 0 Å². The van der Waals surface area contributed by atoms with Gasteiger partial charge >= 0.3 is 0 Å². The molecule has 0 unspecified atom stereocenters. The van der Waals surface area contributed by atoms with Gasteiger partial charge in [-0.15, -0.1) is 0 Å². The van der Waals surface area contributed by atoms with E-state index >= 15 is 0 Å². The average Bonchev–Trinajstić information content (AvgIpc) is 2.25. The zero-order valence-corrected chi connectivity index (χ0v) is 11.2. The number of benzene rings is 1. The maximum absolute atomic E-state index is 12.0. The molecule has 0 aromatic heterocycles. The van der Waals surface area contributed by atoms with Crippen molar-refractivity contribution in [1.29, 1.82) is 5.26 Å². The summed E-state index contributed by atoms with van der Waals surface area (Å²) in [6.07, 6.45) is 1.53. The van der Waals surface area contributed by atoms with Gasteiger partial charge < -0.3 is 4.90 Å². The minimum atomic E-state index is -0.235. The van der Waals surface area contributed by atoms with Crippen LogP contribution in [0, 0.1) is 14.9 Å². The van der Waals surface area contributed by atoms with Crippen LogP contribution in [0.3, 0.4) is 0 Å². The van der Waals surface area contributed by atoms with Gasteiger partial charge in [0.2, 0.25) is 5.78 Å². The van der Waals surface area contributed by atoms with E-state index in [-0.39, 0.29) is 11.4 Å². The minimum absolute atomic E-state index is 0.147. The Bertz CT molecular complexity index is 472. The van der Waals surface area contributed by atoms with Crippen LogP contribution in [0.5, 0.6) is 0 Å². The van der Waals surface area contributed by atoms with Crippen molar-refractivity contribution in [2.75, 3.05) is 14.1 Å². The summed E-state index contributed by atoms with van der Waals surface area (Å²) in [5.74, 6) is -0.235. The van der Waals surface area contributed by atoms with E-state index in [2.05, 4.69) is 22.6 Å². The first kappa shape index (κ1) is 12.7. The fourth-order valence-corrected chi connectivity index (χ4v) is 1.82. The number of nitrogens with zero attached hydrogens (tertiary/aromatic N) is 2. The molecule has 0 amide bonds. The van der Waals surface area contributed by atoms with E-state index in [1.807, 2.05) is 18.2 Å². The molecule has 4 heteroatoms. The van der Waals surface area contributed by atoms with E-state index in [0.717, 1.165) is 3.57 Å².